The molecule has 104 valence electrons. The first-order chi connectivity index (χ1) is 9.71. The second-order valence-electron chi connectivity index (χ2n) is 5.30. The third kappa shape index (κ3) is 2.63. The molecule has 20 heavy (non-hydrogen) atoms. The van der Waals surface area contributed by atoms with E-state index < -0.39 is 0 Å². The molecule has 2 N–H and O–H groups in total. The third-order valence-corrected chi connectivity index (χ3v) is 3.76. The lowest BCUT2D eigenvalue weighted by Crippen LogP contribution is -2.18. The Morgan fingerprint density at radius 2 is 1.80 bits per heavy atom. The maximum atomic E-state index is 6.24. The van der Waals surface area contributed by atoms with Gasteiger partial charge in [0.1, 0.15) is 6.61 Å². The van der Waals surface area contributed by atoms with Crippen molar-refractivity contribution in [2.45, 2.75) is 25.0 Å². The first-order valence-electron chi connectivity index (χ1n) is 6.85. The Balaban J connectivity index is 1.80. The quantitative estimate of drug-likeness (QED) is 0.906. The van der Waals surface area contributed by atoms with Gasteiger partial charge in [-0.3, -0.25) is 0 Å². The number of hydrogen-bond acceptors (Lipinski definition) is 3. The Labute approximate surface area is 119 Å². The molecule has 1 aliphatic carbocycles. The van der Waals surface area contributed by atoms with Gasteiger partial charge in [-0.25, -0.2) is 0 Å². The van der Waals surface area contributed by atoms with E-state index in [0.29, 0.717) is 6.61 Å². The fourth-order valence-corrected chi connectivity index (χ4v) is 2.26. The van der Waals surface area contributed by atoms with Gasteiger partial charge in [-0.15, -0.1) is 0 Å². The summed E-state index contributed by atoms with van der Waals surface area (Å²) in [6, 6.07) is 16.1. The molecule has 0 bridgehead atoms. The zero-order valence-electron chi connectivity index (χ0n) is 11.6. The second kappa shape index (κ2) is 5.17. The van der Waals surface area contributed by atoms with E-state index in [9.17, 15) is 0 Å². The molecule has 3 heteroatoms. The van der Waals surface area contributed by atoms with Gasteiger partial charge in [0, 0.05) is 5.54 Å². The number of rotatable bonds is 5. The molecule has 0 heterocycles. The van der Waals surface area contributed by atoms with Crippen LogP contribution in [0.2, 0.25) is 0 Å². The summed E-state index contributed by atoms with van der Waals surface area (Å²) in [5.41, 5.74) is 8.34. The van der Waals surface area contributed by atoms with Crippen LogP contribution in [0.3, 0.4) is 0 Å². The summed E-state index contributed by atoms with van der Waals surface area (Å²) in [5, 5.41) is 0. The molecule has 2 aromatic rings. The largest absolute Gasteiger partial charge is 0.493 e. The third-order valence-electron chi connectivity index (χ3n) is 3.76. The van der Waals surface area contributed by atoms with Crippen LogP contribution in [-0.4, -0.2) is 7.11 Å². The number of methoxy groups -OCH3 is 1. The minimum atomic E-state index is -0.156. The molecule has 0 spiro atoms. The molecule has 1 fully saturated rings. The van der Waals surface area contributed by atoms with E-state index in [1.54, 1.807) is 7.11 Å². The van der Waals surface area contributed by atoms with Crippen molar-refractivity contribution in [2.24, 2.45) is 5.73 Å². The Kier molecular flexibility index (Phi) is 3.36. The summed E-state index contributed by atoms with van der Waals surface area (Å²) in [5.74, 6) is 1.50. The monoisotopic (exact) mass is 269 g/mol. The van der Waals surface area contributed by atoms with Crippen molar-refractivity contribution in [1.82, 2.24) is 0 Å². The Morgan fingerprint density at radius 1 is 1.05 bits per heavy atom. The first kappa shape index (κ1) is 13.0. The summed E-state index contributed by atoms with van der Waals surface area (Å²) in [4.78, 5) is 0. The lowest BCUT2D eigenvalue weighted by molar-refractivity contribution is 0.284. The second-order valence-corrected chi connectivity index (χ2v) is 5.30. The number of benzene rings is 2. The fraction of sp³-hybridized carbons (Fsp3) is 0.294. The van der Waals surface area contributed by atoms with Gasteiger partial charge in [-0.1, -0.05) is 36.4 Å². The molecule has 1 saturated carbocycles. The van der Waals surface area contributed by atoms with Gasteiger partial charge in [-0.05, 0) is 36.1 Å². The predicted octanol–water partition coefficient (Wildman–Crippen LogP) is 3.22. The minimum Gasteiger partial charge on any atom is -0.493 e. The van der Waals surface area contributed by atoms with Crippen molar-refractivity contribution < 1.29 is 9.47 Å². The molecule has 2 aromatic carbocycles. The van der Waals surface area contributed by atoms with Crippen LogP contribution in [0.1, 0.15) is 24.0 Å². The zero-order chi connectivity index (χ0) is 14.0. The van der Waals surface area contributed by atoms with Crippen molar-refractivity contribution in [3.8, 4) is 11.5 Å². The number of ether oxygens (including phenoxy) is 2. The van der Waals surface area contributed by atoms with Crippen molar-refractivity contribution in [3.63, 3.8) is 0 Å². The maximum Gasteiger partial charge on any atom is 0.162 e. The summed E-state index contributed by atoms with van der Waals surface area (Å²) in [6.45, 7) is 0.526. The van der Waals surface area contributed by atoms with Gasteiger partial charge in [0.25, 0.3) is 0 Å². The zero-order valence-corrected chi connectivity index (χ0v) is 11.6. The van der Waals surface area contributed by atoms with Gasteiger partial charge in [0.15, 0.2) is 11.5 Å². The summed E-state index contributed by atoms with van der Waals surface area (Å²) in [7, 11) is 1.65. The molecule has 0 aliphatic heterocycles. The van der Waals surface area contributed by atoms with Gasteiger partial charge < -0.3 is 15.2 Å². The van der Waals surface area contributed by atoms with Crippen LogP contribution >= 0.6 is 0 Å². The van der Waals surface area contributed by atoms with E-state index in [1.165, 1.54) is 0 Å². The lowest BCUT2D eigenvalue weighted by atomic mass is 10.1. The van der Waals surface area contributed by atoms with Crippen molar-refractivity contribution in [1.29, 1.82) is 0 Å². The molecule has 0 saturated heterocycles. The highest BCUT2D eigenvalue weighted by Crippen LogP contribution is 2.45. The van der Waals surface area contributed by atoms with Gasteiger partial charge in [0.05, 0.1) is 7.11 Å². The van der Waals surface area contributed by atoms with E-state index in [1.807, 2.05) is 48.5 Å². The first-order valence-corrected chi connectivity index (χ1v) is 6.85. The van der Waals surface area contributed by atoms with E-state index in [-0.39, 0.29) is 5.54 Å². The van der Waals surface area contributed by atoms with Crippen LogP contribution < -0.4 is 15.2 Å². The average Bonchev–Trinajstić information content (AvgIpc) is 3.25. The SMILES string of the molecule is COc1ccc(C2(N)CC2)cc1OCc1ccccc1. The van der Waals surface area contributed by atoms with Gasteiger partial charge in [0.2, 0.25) is 0 Å². The van der Waals surface area contributed by atoms with Crippen LogP contribution in [0.4, 0.5) is 0 Å². The van der Waals surface area contributed by atoms with E-state index in [0.717, 1.165) is 35.5 Å². The molecule has 0 aromatic heterocycles. The molecule has 3 rings (SSSR count). The number of hydrogen-bond donors (Lipinski definition) is 1. The van der Waals surface area contributed by atoms with Gasteiger partial charge >= 0.3 is 0 Å². The smallest absolute Gasteiger partial charge is 0.162 e. The van der Waals surface area contributed by atoms with Crippen LogP contribution in [-0.2, 0) is 12.1 Å². The molecule has 1 aliphatic rings. The molecule has 3 nitrogen and oxygen atoms in total. The Hall–Kier alpha value is -2.00. The molecule has 0 atom stereocenters. The van der Waals surface area contributed by atoms with Crippen LogP contribution in [0, 0.1) is 0 Å². The maximum absolute atomic E-state index is 6.24. The van der Waals surface area contributed by atoms with Crippen LogP contribution in [0.5, 0.6) is 11.5 Å². The highest BCUT2D eigenvalue weighted by Gasteiger charge is 2.40. The van der Waals surface area contributed by atoms with E-state index in [4.69, 9.17) is 15.2 Å². The Morgan fingerprint density at radius 3 is 2.45 bits per heavy atom. The summed E-state index contributed by atoms with van der Waals surface area (Å²) < 4.78 is 11.3. The molecule has 0 unspecified atom stereocenters. The molecular weight excluding hydrogens is 250 g/mol. The predicted molar refractivity (Wildman–Crippen MR) is 78.9 cm³/mol. The van der Waals surface area contributed by atoms with Gasteiger partial charge in [-0.2, -0.15) is 0 Å². The highest BCUT2D eigenvalue weighted by molar-refractivity contribution is 5.46. The molecular formula is C17H19NO2. The van der Waals surface area contributed by atoms with Crippen LogP contribution in [0.15, 0.2) is 48.5 Å². The number of nitrogens with two attached hydrogens (primary N) is 1. The minimum absolute atomic E-state index is 0.156. The standard InChI is InChI=1S/C17H19NO2/c1-19-15-8-7-14(17(18)9-10-17)11-16(15)20-12-13-5-3-2-4-6-13/h2-8,11H,9-10,12,18H2,1H3. The average molecular weight is 269 g/mol. The van der Waals surface area contributed by atoms with Crippen molar-refractivity contribution in [3.05, 3.63) is 59.7 Å². The normalized spacial score (nSPS) is 15.7. The van der Waals surface area contributed by atoms with Crippen LogP contribution in [0.25, 0.3) is 0 Å². The van der Waals surface area contributed by atoms with Crippen molar-refractivity contribution in [2.75, 3.05) is 7.11 Å². The summed E-state index contributed by atoms with van der Waals surface area (Å²) >= 11 is 0. The fourth-order valence-electron chi connectivity index (χ4n) is 2.26. The molecule has 0 amide bonds. The Bertz CT molecular complexity index is 591. The highest BCUT2D eigenvalue weighted by atomic mass is 16.5. The topological polar surface area (TPSA) is 44.5 Å². The van der Waals surface area contributed by atoms with E-state index >= 15 is 0 Å². The summed E-state index contributed by atoms with van der Waals surface area (Å²) in [6.07, 6.45) is 2.08. The lowest BCUT2D eigenvalue weighted by Gasteiger charge is -2.15. The molecule has 0 radical (unpaired) electrons. The van der Waals surface area contributed by atoms with E-state index in [2.05, 4.69) is 0 Å². The van der Waals surface area contributed by atoms with Crippen molar-refractivity contribution >= 4 is 0 Å².